The Kier molecular flexibility index (Phi) is 7.33. The van der Waals surface area contributed by atoms with Crippen molar-refractivity contribution in [1.82, 2.24) is 0 Å². The lowest BCUT2D eigenvalue weighted by Crippen LogP contribution is -1.85. The average Bonchev–Trinajstić information content (AvgIpc) is 3.61. The number of hydrogen-bond acceptors (Lipinski definition) is 0. The fraction of sp³-hybridized carbons (Fsp3) is 0. The summed E-state index contributed by atoms with van der Waals surface area (Å²) in [6.45, 7) is 0. The molecule has 13 aromatic carbocycles. The van der Waals surface area contributed by atoms with Crippen LogP contribution in [0.2, 0.25) is 0 Å². The predicted molar refractivity (Wildman–Crippen MR) is 252 cm³/mol. The quantitative estimate of drug-likeness (QED) is 0.108. The molecule has 0 bridgehead atoms. The molecule has 0 aliphatic heterocycles. The highest BCUT2D eigenvalue weighted by Crippen LogP contribution is 2.48. The van der Waals surface area contributed by atoms with Crippen molar-refractivity contribution in [2.24, 2.45) is 0 Å². The van der Waals surface area contributed by atoms with Crippen molar-refractivity contribution in [2.75, 3.05) is 0 Å². The van der Waals surface area contributed by atoms with E-state index in [2.05, 4.69) is 218 Å². The lowest BCUT2D eigenvalue weighted by atomic mass is 9.91. The van der Waals surface area contributed by atoms with Gasteiger partial charge in [0.15, 0.2) is 0 Å². The molecule has 0 fully saturated rings. The first-order valence-corrected chi connectivity index (χ1v) is 20.2. The number of hydrogen-bond donors (Lipinski definition) is 0. The topological polar surface area (TPSA) is 0 Å². The summed E-state index contributed by atoms with van der Waals surface area (Å²) in [5.74, 6) is 0. The van der Waals surface area contributed by atoms with Crippen LogP contribution in [0.3, 0.4) is 0 Å². The van der Waals surface area contributed by atoms with E-state index in [-0.39, 0.29) is 0 Å². The van der Waals surface area contributed by atoms with Crippen LogP contribution in [0.1, 0.15) is 0 Å². The Labute approximate surface area is 336 Å². The molecule has 1 aliphatic rings. The molecule has 0 saturated carbocycles. The highest BCUT2D eigenvalue weighted by Gasteiger charge is 2.21. The zero-order valence-corrected chi connectivity index (χ0v) is 31.8. The van der Waals surface area contributed by atoms with Crippen LogP contribution < -0.4 is 0 Å². The van der Waals surface area contributed by atoms with Gasteiger partial charge in [0.05, 0.1) is 0 Å². The van der Waals surface area contributed by atoms with Gasteiger partial charge in [-0.15, -0.1) is 0 Å². The first kappa shape index (κ1) is 32.7. The Morgan fingerprint density at radius 1 is 0.155 bits per heavy atom. The third kappa shape index (κ3) is 5.09. The van der Waals surface area contributed by atoms with Gasteiger partial charge in [0.2, 0.25) is 0 Å². The molecule has 0 spiro atoms. The summed E-state index contributed by atoms with van der Waals surface area (Å²) in [7, 11) is 0. The minimum Gasteiger partial charge on any atom is -0.0616 e. The standard InChI is InChI=1S/2C20H12.C18H12/c1-2-6-15-12-19-17-10-4-8-13-7-3-9-16(20(13)17)18(19)11-14(15)5-1;1-2-7-17-15(4-1)12-16-9-8-13-5-3-6-14-10-11-18(17)20(16)19(13)14;1-3-7-15-13(5-1)9-11-18-16-8-4-2-6-14(16)10-12-17(15)18/h2*1-12H;1-12H. The van der Waals surface area contributed by atoms with Crippen LogP contribution >= 0.6 is 0 Å². The third-order valence-electron chi connectivity index (χ3n) is 12.4. The number of fused-ring (bicyclic) bond motifs is 11. The molecule has 0 nitrogen and oxygen atoms in total. The normalized spacial score (nSPS) is 11.8. The van der Waals surface area contributed by atoms with Crippen LogP contribution in [0.15, 0.2) is 218 Å². The maximum atomic E-state index is 2.33. The molecule has 0 aromatic heterocycles. The Hall–Kier alpha value is -7.54. The summed E-state index contributed by atoms with van der Waals surface area (Å²) >= 11 is 0. The second-order valence-electron chi connectivity index (χ2n) is 15.6. The van der Waals surface area contributed by atoms with Crippen LogP contribution in [0.5, 0.6) is 0 Å². The minimum absolute atomic E-state index is 1.31. The molecular formula is C58H36. The van der Waals surface area contributed by atoms with Gasteiger partial charge in [-0.1, -0.05) is 200 Å². The van der Waals surface area contributed by atoms with Crippen LogP contribution in [0.4, 0.5) is 0 Å². The zero-order valence-electron chi connectivity index (χ0n) is 31.8. The Balaban J connectivity index is 0.0000000949. The smallest absolute Gasteiger partial charge is 0.00204 e. The highest BCUT2D eigenvalue weighted by atomic mass is 14.2. The van der Waals surface area contributed by atoms with Crippen molar-refractivity contribution in [3.63, 3.8) is 0 Å². The van der Waals surface area contributed by atoms with Gasteiger partial charge in [0.1, 0.15) is 0 Å². The average molecular weight is 733 g/mol. The summed E-state index contributed by atoms with van der Waals surface area (Å²) in [6, 6.07) is 79.0. The van der Waals surface area contributed by atoms with Crippen molar-refractivity contribution in [3.8, 4) is 22.3 Å². The lowest BCUT2D eigenvalue weighted by Gasteiger charge is -2.12. The van der Waals surface area contributed by atoms with Gasteiger partial charge in [-0.2, -0.15) is 0 Å². The molecule has 58 heavy (non-hydrogen) atoms. The second kappa shape index (κ2) is 13.0. The van der Waals surface area contributed by atoms with Crippen molar-refractivity contribution in [1.29, 1.82) is 0 Å². The van der Waals surface area contributed by atoms with E-state index in [9.17, 15) is 0 Å². The maximum absolute atomic E-state index is 2.33. The van der Waals surface area contributed by atoms with Crippen molar-refractivity contribution in [2.45, 2.75) is 0 Å². The van der Waals surface area contributed by atoms with Gasteiger partial charge in [-0.3, -0.25) is 0 Å². The van der Waals surface area contributed by atoms with E-state index >= 15 is 0 Å². The van der Waals surface area contributed by atoms with E-state index in [4.69, 9.17) is 0 Å². The lowest BCUT2D eigenvalue weighted by molar-refractivity contribution is 1.73. The van der Waals surface area contributed by atoms with E-state index in [0.717, 1.165) is 0 Å². The first-order chi connectivity index (χ1) is 28.8. The summed E-state index contributed by atoms with van der Waals surface area (Å²) in [5, 5.41) is 24.1. The Bertz CT molecular complexity index is 3570. The van der Waals surface area contributed by atoms with Gasteiger partial charge in [-0.05, 0) is 137 Å². The predicted octanol–water partition coefficient (Wildman–Crippen LogP) is 16.5. The van der Waals surface area contributed by atoms with Gasteiger partial charge in [-0.25, -0.2) is 0 Å². The second-order valence-corrected chi connectivity index (χ2v) is 15.6. The Morgan fingerprint density at radius 2 is 0.534 bits per heavy atom. The zero-order chi connectivity index (χ0) is 38.2. The van der Waals surface area contributed by atoms with E-state index in [1.54, 1.807) is 0 Å². The molecule has 0 N–H and O–H groups in total. The molecule has 0 heteroatoms. The largest absolute Gasteiger partial charge is 0.0616 e. The van der Waals surface area contributed by atoms with Crippen LogP contribution in [-0.2, 0) is 0 Å². The van der Waals surface area contributed by atoms with Gasteiger partial charge < -0.3 is 0 Å². The fourth-order valence-corrected chi connectivity index (χ4v) is 9.74. The molecule has 0 unspecified atom stereocenters. The van der Waals surface area contributed by atoms with Crippen molar-refractivity contribution < 1.29 is 0 Å². The fourth-order valence-electron chi connectivity index (χ4n) is 9.74. The molecule has 14 rings (SSSR count). The van der Waals surface area contributed by atoms with E-state index in [1.807, 2.05) is 0 Å². The van der Waals surface area contributed by atoms with E-state index < -0.39 is 0 Å². The number of benzene rings is 13. The van der Waals surface area contributed by atoms with Gasteiger partial charge in [0.25, 0.3) is 0 Å². The summed E-state index contributed by atoms with van der Waals surface area (Å²) in [4.78, 5) is 0. The molecule has 0 atom stereocenters. The van der Waals surface area contributed by atoms with E-state index in [1.165, 1.54) is 119 Å². The molecule has 0 amide bonds. The summed E-state index contributed by atoms with van der Waals surface area (Å²) in [5.41, 5.74) is 5.49. The van der Waals surface area contributed by atoms with Crippen LogP contribution in [-0.4, -0.2) is 0 Å². The molecule has 0 heterocycles. The molecule has 1 aliphatic carbocycles. The summed E-state index contributed by atoms with van der Waals surface area (Å²) in [6.07, 6.45) is 0. The van der Waals surface area contributed by atoms with Gasteiger partial charge in [0, 0.05) is 0 Å². The minimum atomic E-state index is 1.31. The first-order valence-electron chi connectivity index (χ1n) is 20.2. The molecule has 0 radical (unpaired) electrons. The van der Waals surface area contributed by atoms with Gasteiger partial charge >= 0.3 is 0 Å². The third-order valence-corrected chi connectivity index (χ3v) is 12.4. The SMILES string of the molecule is c1ccc2c(c1)cc1ccc3cccc4ccc2c1c34.c1ccc2c(c1)ccc1c3ccccc3ccc21.c1ccc2cc3c(cc2c1)-c1cccc2cccc-3c12. The van der Waals surface area contributed by atoms with Crippen molar-refractivity contribution >= 4 is 97.0 Å². The van der Waals surface area contributed by atoms with Crippen molar-refractivity contribution in [3.05, 3.63) is 218 Å². The summed E-state index contributed by atoms with van der Waals surface area (Å²) < 4.78 is 0. The molecule has 268 valence electrons. The van der Waals surface area contributed by atoms with E-state index in [0.29, 0.717) is 0 Å². The number of rotatable bonds is 0. The Morgan fingerprint density at radius 3 is 1.10 bits per heavy atom. The van der Waals surface area contributed by atoms with Crippen LogP contribution in [0, 0.1) is 0 Å². The van der Waals surface area contributed by atoms with Crippen LogP contribution in [0.25, 0.3) is 119 Å². The molecule has 13 aromatic rings. The monoisotopic (exact) mass is 732 g/mol. The maximum Gasteiger partial charge on any atom is -0.00204 e. The molecule has 0 saturated heterocycles. The highest BCUT2D eigenvalue weighted by molar-refractivity contribution is 6.29. The molecular weight excluding hydrogens is 697 g/mol.